The van der Waals surface area contributed by atoms with Gasteiger partial charge in [-0.3, -0.25) is 14.2 Å². The number of hydrogen-bond donors (Lipinski definition) is 2. The minimum absolute atomic E-state index is 0.0147. The van der Waals surface area contributed by atoms with Gasteiger partial charge in [0.1, 0.15) is 6.54 Å². The van der Waals surface area contributed by atoms with Crippen molar-refractivity contribution in [3.8, 4) is 11.1 Å². The van der Waals surface area contributed by atoms with E-state index in [0.29, 0.717) is 12.4 Å². The number of amides is 1. The van der Waals surface area contributed by atoms with Crippen LogP contribution in [0.1, 0.15) is 11.1 Å². The van der Waals surface area contributed by atoms with E-state index in [4.69, 9.17) is 5.11 Å². The van der Waals surface area contributed by atoms with Crippen LogP contribution in [0.5, 0.6) is 0 Å². The second kappa shape index (κ2) is 8.53. The van der Waals surface area contributed by atoms with Gasteiger partial charge in [0.15, 0.2) is 5.82 Å². The summed E-state index contributed by atoms with van der Waals surface area (Å²) in [5.41, 5.74) is 3.89. The number of aromatic nitrogens is 4. The molecule has 0 saturated heterocycles. The number of carbonyl (C=O) groups is 1. The SMILES string of the molecule is O=C(Cn1cc(-c2ccc(CO)cc2)cn1)Nc1ccn(Cc2ccccc2)n1. The maximum absolute atomic E-state index is 12.3. The molecule has 4 aromatic rings. The van der Waals surface area contributed by atoms with Gasteiger partial charge in [-0.25, -0.2) is 0 Å². The first kappa shape index (κ1) is 18.6. The lowest BCUT2D eigenvalue weighted by Gasteiger charge is -2.03. The maximum atomic E-state index is 12.3. The lowest BCUT2D eigenvalue weighted by atomic mass is 10.1. The van der Waals surface area contributed by atoms with Crippen LogP contribution in [0.4, 0.5) is 5.82 Å². The predicted molar refractivity (Wildman–Crippen MR) is 110 cm³/mol. The molecule has 0 bridgehead atoms. The first-order valence-electron chi connectivity index (χ1n) is 9.29. The van der Waals surface area contributed by atoms with Crippen LogP contribution in [0.25, 0.3) is 11.1 Å². The molecule has 4 rings (SSSR count). The van der Waals surface area contributed by atoms with Crippen molar-refractivity contribution in [1.82, 2.24) is 19.6 Å². The number of aliphatic hydroxyl groups excluding tert-OH is 1. The average molecular weight is 387 g/mol. The predicted octanol–water partition coefficient (Wildman–Crippen LogP) is 2.93. The number of anilines is 1. The summed E-state index contributed by atoms with van der Waals surface area (Å²) in [7, 11) is 0. The Hall–Kier alpha value is -3.71. The topological polar surface area (TPSA) is 85.0 Å². The number of hydrogen-bond acceptors (Lipinski definition) is 4. The third-order valence-electron chi connectivity index (χ3n) is 4.50. The number of rotatable bonds is 7. The molecule has 7 nitrogen and oxygen atoms in total. The largest absolute Gasteiger partial charge is 0.392 e. The van der Waals surface area contributed by atoms with Gasteiger partial charge in [0.05, 0.1) is 19.3 Å². The molecule has 0 unspecified atom stereocenters. The standard InChI is InChI=1S/C22H21N5O2/c28-16-18-6-8-19(9-7-18)20-12-23-27(14-20)15-22(29)24-21-10-11-26(25-21)13-17-4-2-1-3-5-17/h1-12,14,28H,13,15-16H2,(H,24,25,29). The van der Waals surface area contributed by atoms with Gasteiger partial charge in [0.25, 0.3) is 0 Å². The highest BCUT2D eigenvalue weighted by Crippen LogP contribution is 2.19. The highest BCUT2D eigenvalue weighted by Gasteiger charge is 2.09. The average Bonchev–Trinajstić information content (AvgIpc) is 3.38. The second-order valence-corrected chi connectivity index (χ2v) is 6.71. The fourth-order valence-electron chi connectivity index (χ4n) is 3.02. The van der Waals surface area contributed by atoms with Crippen molar-refractivity contribution in [3.63, 3.8) is 0 Å². The molecule has 0 aliphatic rings. The molecule has 2 heterocycles. The highest BCUT2D eigenvalue weighted by molar-refractivity contribution is 5.89. The molecular formula is C22H21N5O2. The Balaban J connectivity index is 1.35. The molecule has 146 valence electrons. The Morgan fingerprint density at radius 1 is 0.931 bits per heavy atom. The Labute approximate surface area is 168 Å². The van der Waals surface area contributed by atoms with Crippen LogP contribution in [0.15, 0.2) is 79.3 Å². The van der Waals surface area contributed by atoms with Crippen molar-refractivity contribution in [1.29, 1.82) is 0 Å². The monoisotopic (exact) mass is 387 g/mol. The fraction of sp³-hybridized carbons (Fsp3) is 0.136. The molecular weight excluding hydrogens is 366 g/mol. The third kappa shape index (κ3) is 4.77. The van der Waals surface area contributed by atoms with Gasteiger partial charge in [-0.05, 0) is 16.7 Å². The van der Waals surface area contributed by atoms with E-state index in [-0.39, 0.29) is 19.1 Å². The molecule has 0 atom stereocenters. The number of carbonyl (C=O) groups excluding carboxylic acids is 1. The van der Waals surface area contributed by atoms with Gasteiger partial charge in [-0.15, -0.1) is 0 Å². The first-order valence-corrected chi connectivity index (χ1v) is 9.29. The highest BCUT2D eigenvalue weighted by atomic mass is 16.3. The van der Waals surface area contributed by atoms with Gasteiger partial charge in [0, 0.05) is 24.0 Å². The second-order valence-electron chi connectivity index (χ2n) is 6.71. The van der Waals surface area contributed by atoms with Crippen molar-refractivity contribution in [2.75, 3.05) is 5.32 Å². The molecule has 29 heavy (non-hydrogen) atoms. The van der Waals surface area contributed by atoms with Crippen LogP contribution in [0.2, 0.25) is 0 Å². The summed E-state index contributed by atoms with van der Waals surface area (Å²) in [5, 5.41) is 20.6. The van der Waals surface area contributed by atoms with Crippen molar-refractivity contribution < 1.29 is 9.90 Å². The van der Waals surface area contributed by atoms with E-state index in [9.17, 15) is 4.79 Å². The number of benzene rings is 2. The Morgan fingerprint density at radius 3 is 2.48 bits per heavy atom. The van der Waals surface area contributed by atoms with Crippen LogP contribution in [0.3, 0.4) is 0 Å². The zero-order valence-corrected chi connectivity index (χ0v) is 15.8. The molecule has 7 heteroatoms. The summed E-state index contributed by atoms with van der Waals surface area (Å²) < 4.78 is 3.37. The van der Waals surface area contributed by atoms with Crippen molar-refractivity contribution in [2.24, 2.45) is 0 Å². The van der Waals surface area contributed by atoms with Gasteiger partial charge in [0.2, 0.25) is 5.91 Å². The fourth-order valence-corrected chi connectivity index (χ4v) is 3.02. The zero-order chi connectivity index (χ0) is 20.1. The molecule has 0 aliphatic carbocycles. The van der Waals surface area contributed by atoms with E-state index in [2.05, 4.69) is 15.5 Å². The summed E-state index contributed by atoms with van der Waals surface area (Å²) >= 11 is 0. The molecule has 0 saturated carbocycles. The van der Waals surface area contributed by atoms with E-state index in [1.165, 1.54) is 0 Å². The van der Waals surface area contributed by atoms with Crippen LogP contribution in [0, 0.1) is 0 Å². The Kier molecular flexibility index (Phi) is 5.49. The molecule has 0 aliphatic heterocycles. The molecule has 0 fully saturated rings. The van der Waals surface area contributed by atoms with Gasteiger partial charge >= 0.3 is 0 Å². The van der Waals surface area contributed by atoms with E-state index in [1.54, 1.807) is 21.6 Å². The minimum atomic E-state index is -0.194. The van der Waals surface area contributed by atoms with Crippen LogP contribution in [-0.2, 0) is 24.5 Å². The Bertz CT molecular complexity index is 1080. The third-order valence-corrected chi connectivity index (χ3v) is 4.50. The van der Waals surface area contributed by atoms with Crippen molar-refractivity contribution in [3.05, 3.63) is 90.4 Å². The van der Waals surface area contributed by atoms with E-state index < -0.39 is 0 Å². The van der Waals surface area contributed by atoms with E-state index in [0.717, 1.165) is 22.3 Å². The van der Waals surface area contributed by atoms with Crippen molar-refractivity contribution in [2.45, 2.75) is 19.7 Å². The summed E-state index contributed by atoms with van der Waals surface area (Å²) in [6.45, 7) is 0.759. The first-order chi connectivity index (χ1) is 14.2. The van der Waals surface area contributed by atoms with Crippen LogP contribution < -0.4 is 5.32 Å². The smallest absolute Gasteiger partial charge is 0.247 e. The normalized spacial score (nSPS) is 10.8. The van der Waals surface area contributed by atoms with Gasteiger partial charge in [-0.1, -0.05) is 54.6 Å². The summed E-state index contributed by atoms with van der Waals surface area (Å²) in [4.78, 5) is 12.3. The number of nitrogens with zero attached hydrogens (tertiary/aromatic N) is 4. The Morgan fingerprint density at radius 2 is 1.72 bits per heavy atom. The van der Waals surface area contributed by atoms with Crippen LogP contribution >= 0.6 is 0 Å². The lowest BCUT2D eigenvalue weighted by molar-refractivity contribution is -0.116. The number of aliphatic hydroxyl groups is 1. The quantitative estimate of drug-likeness (QED) is 0.511. The summed E-state index contributed by atoms with van der Waals surface area (Å²) in [6, 6.07) is 19.4. The minimum Gasteiger partial charge on any atom is -0.392 e. The molecule has 2 aromatic heterocycles. The molecule has 1 amide bonds. The van der Waals surface area contributed by atoms with Gasteiger partial charge < -0.3 is 10.4 Å². The number of nitrogens with one attached hydrogen (secondary N) is 1. The van der Waals surface area contributed by atoms with Crippen LogP contribution in [-0.4, -0.2) is 30.6 Å². The van der Waals surface area contributed by atoms with Crippen molar-refractivity contribution >= 4 is 11.7 Å². The summed E-state index contributed by atoms with van der Waals surface area (Å²) in [5.74, 6) is 0.318. The maximum Gasteiger partial charge on any atom is 0.247 e. The van der Waals surface area contributed by atoms with Gasteiger partial charge in [-0.2, -0.15) is 10.2 Å². The van der Waals surface area contributed by atoms with E-state index >= 15 is 0 Å². The molecule has 2 N–H and O–H groups in total. The van der Waals surface area contributed by atoms with E-state index in [1.807, 2.05) is 67.0 Å². The lowest BCUT2D eigenvalue weighted by Crippen LogP contribution is -2.19. The molecule has 0 spiro atoms. The molecule has 0 radical (unpaired) electrons. The summed E-state index contributed by atoms with van der Waals surface area (Å²) in [6.07, 6.45) is 5.38. The zero-order valence-electron chi connectivity index (χ0n) is 15.8. The molecule has 2 aromatic carbocycles.